The quantitative estimate of drug-likeness (QED) is 0.934. The van der Waals surface area contributed by atoms with Crippen molar-refractivity contribution in [1.82, 2.24) is 4.98 Å². The molecule has 0 aliphatic rings. The van der Waals surface area contributed by atoms with Crippen molar-refractivity contribution < 1.29 is 12.8 Å². The molecule has 0 radical (unpaired) electrons. The van der Waals surface area contributed by atoms with E-state index >= 15 is 0 Å². The van der Waals surface area contributed by atoms with E-state index in [4.69, 9.17) is 5.26 Å². The van der Waals surface area contributed by atoms with Gasteiger partial charge in [0.05, 0.1) is 29.3 Å². The summed E-state index contributed by atoms with van der Waals surface area (Å²) in [5.74, 6) is -1.16. The van der Waals surface area contributed by atoms with E-state index in [-0.39, 0.29) is 11.3 Å². The van der Waals surface area contributed by atoms with Crippen LogP contribution in [-0.4, -0.2) is 13.4 Å². The summed E-state index contributed by atoms with van der Waals surface area (Å²) in [6.07, 6.45) is 2.20. The molecule has 2 rings (SSSR count). The number of nitriles is 1. The molecule has 1 N–H and O–H groups in total. The van der Waals surface area contributed by atoms with Crippen molar-refractivity contribution in [3.05, 3.63) is 59.7 Å². The maximum Gasteiger partial charge on any atom is 0.237 e. The van der Waals surface area contributed by atoms with Crippen LogP contribution in [0.1, 0.15) is 11.1 Å². The van der Waals surface area contributed by atoms with Crippen LogP contribution < -0.4 is 4.72 Å². The summed E-state index contributed by atoms with van der Waals surface area (Å²) in [4.78, 5) is 3.53. The topological polar surface area (TPSA) is 82.8 Å². The first-order chi connectivity index (χ1) is 9.52. The summed E-state index contributed by atoms with van der Waals surface area (Å²) in [7, 11) is -3.81. The number of sulfonamides is 1. The molecule has 1 aromatic carbocycles. The van der Waals surface area contributed by atoms with Gasteiger partial charge in [-0.2, -0.15) is 5.26 Å². The van der Waals surface area contributed by atoms with E-state index in [0.717, 1.165) is 6.20 Å². The van der Waals surface area contributed by atoms with E-state index < -0.39 is 21.6 Å². The first-order valence-corrected chi connectivity index (χ1v) is 7.25. The fraction of sp³-hybridized carbons (Fsp3) is 0.0769. The number of anilines is 1. The Balaban J connectivity index is 2.25. The third kappa shape index (κ3) is 3.30. The summed E-state index contributed by atoms with van der Waals surface area (Å²) in [5, 5.41) is 8.92. The van der Waals surface area contributed by atoms with Crippen LogP contribution in [0.3, 0.4) is 0 Å². The van der Waals surface area contributed by atoms with Crippen LogP contribution in [0, 0.1) is 17.1 Å². The molecule has 20 heavy (non-hydrogen) atoms. The Morgan fingerprint density at radius 1 is 1.30 bits per heavy atom. The predicted octanol–water partition coefficient (Wildman–Crippen LogP) is 2.03. The Morgan fingerprint density at radius 3 is 2.75 bits per heavy atom. The fourth-order valence-electron chi connectivity index (χ4n) is 1.62. The number of hydrogen-bond donors (Lipinski definition) is 1. The van der Waals surface area contributed by atoms with Crippen LogP contribution in [0.25, 0.3) is 0 Å². The average Bonchev–Trinajstić information content (AvgIpc) is 2.41. The highest BCUT2D eigenvalue weighted by Crippen LogP contribution is 2.17. The van der Waals surface area contributed by atoms with Gasteiger partial charge in [0.1, 0.15) is 0 Å². The van der Waals surface area contributed by atoms with Gasteiger partial charge in [-0.3, -0.25) is 9.71 Å². The van der Waals surface area contributed by atoms with Crippen molar-refractivity contribution >= 4 is 15.7 Å². The largest absolute Gasteiger partial charge is 0.280 e. The van der Waals surface area contributed by atoms with Crippen molar-refractivity contribution in [2.75, 3.05) is 4.72 Å². The van der Waals surface area contributed by atoms with Crippen molar-refractivity contribution in [1.29, 1.82) is 5.26 Å². The van der Waals surface area contributed by atoms with Gasteiger partial charge in [0.2, 0.25) is 10.0 Å². The number of benzene rings is 1. The number of halogens is 1. The predicted molar refractivity (Wildman–Crippen MR) is 71.6 cm³/mol. The molecule has 0 saturated heterocycles. The molecule has 0 aliphatic carbocycles. The van der Waals surface area contributed by atoms with Crippen molar-refractivity contribution in [2.45, 2.75) is 5.75 Å². The van der Waals surface area contributed by atoms with Crippen molar-refractivity contribution in [2.24, 2.45) is 0 Å². The Morgan fingerprint density at radius 2 is 2.05 bits per heavy atom. The van der Waals surface area contributed by atoms with E-state index in [1.807, 2.05) is 6.07 Å². The zero-order valence-corrected chi connectivity index (χ0v) is 11.1. The molecule has 0 spiro atoms. The van der Waals surface area contributed by atoms with Crippen LogP contribution in [0.2, 0.25) is 0 Å². The second kappa shape index (κ2) is 5.67. The van der Waals surface area contributed by atoms with Crippen LogP contribution in [-0.2, 0) is 15.8 Å². The minimum Gasteiger partial charge on any atom is -0.280 e. The molecule has 1 heterocycles. The summed E-state index contributed by atoms with van der Waals surface area (Å²) >= 11 is 0. The van der Waals surface area contributed by atoms with Crippen molar-refractivity contribution in [3.63, 3.8) is 0 Å². The highest BCUT2D eigenvalue weighted by molar-refractivity contribution is 7.91. The molecule has 0 aliphatic heterocycles. The Bertz CT molecular complexity index is 769. The molecule has 1 aromatic heterocycles. The monoisotopic (exact) mass is 291 g/mol. The standard InChI is InChI=1S/C13H10FN3O2S/c14-12-8-16-6-5-13(12)17-20(18,19)9-11-4-2-1-3-10(11)7-15/h1-6,8H,9H2,(H,16,17). The van der Waals surface area contributed by atoms with Gasteiger partial charge < -0.3 is 0 Å². The lowest BCUT2D eigenvalue weighted by Gasteiger charge is -2.09. The summed E-state index contributed by atoms with van der Waals surface area (Å²) < 4.78 is 39.5. The first-order valence-electron chi connectivity index (χ1n) is 5.60. The molecular formula is C13H10FN3O2S. The number of aromatic nitrogens is 1. The molecule has 102 valence electrons. The van der Waals surface area contributed by atoms with Gasteiger partial charge in [0.25, 0.3) is 0 Å². The minimum atomic E-state index is -3.81. The molecule has 7 heteroatoms. The Kier molecular flexibility index (Phi) is 3.96. The van der Waals surface area contributed by atoms with Crippen LogP contribution >= 0.6 is 0 Å². The van der Waals surface area contributed by atoms with Gasteiger partial charge in [0, 0.05) is 6.20 Å². The van der Waals surface area contributed by atoms with Crippen LogP contribution in [0.5, 0.6) is 0 Å². The molecule has 0 atom stereocenters. The Labute approximate surface area is 115 Å². The van der Waals surface area contributed by atoms with E-state index in [2.05, 4.69) is 9.71 Å². The molecule has 0 saturated carbocycles. The van der Waals surface area contributed by atoms with E-state index in [0.29, 0.717) is 5.56 Å². The summed E-state index contributed by atoms with van der Waals surface area (Å²) in [6, 6.07) is 9.49. The Hall–Kier alpha value is -2.46. The van der Waals surface area contributed by atoms with E-state index in [9.17, 15) is 12.8 Å². The SMILES string of the molecule is N#Cc1ccccc1CS(=O)(=O)Nc1ccncc1F. The van der Waals surface area contributed by atoms with Gasteiger partial charge >= 0.3 is 0 Å². The van der Waals surface area contributed by atoms with Gasteiger partial charge in [-0.15, -0.1) is 0 Å². The minimum absolute atomic E-state index is 0.172. The van der Waals surface area contributed by atoms with Gasteiger partial charge in [0.15, 0.2) is 5.82 Å². The molecule has 0 amide bonds. The summed E-state index contributed by atoms with van der Waals surface area (Å²) in [5.41, 5.74) is 0.458. The van der Waals surface area contributed by atoms with Crippen LogP contribution in [0.4, 0.5) is 10.1 Å². The first kappa shape index (κ1) is 14.0. The number of rotatable bonds is 4. The van der Waals surface area contributed by atoms with Crippen molar-refractivity contribution in [3.8, 4) is 6.07 Å². The second-order valence-electron chi connectivity index (χ2n) is 3.99. The molecule has 0 bridgehead atoms. The molecular weight excluding hydrogens is 281 g/mol. The van der Waals surface area contributed by atoms with Gasteiger partial charge in [-0.05, 0) is 17.7 Å². The molecule has 0 unspecified atom stereocenters. The maximum atomic E-state index is 13.4. The number of hydrogen-bond acceptors (Lipinski definition) is 4. The zero-order valence-electron chi connectivity index (χ0n) is 10.2. The maximum absolute atomic E-state index is 13.4. The third-order valence-electron chi connectivity index (χ3n) is 2.52. The zero-order chi connectivity index (χ0) is 14.6. The molecule has 5 nitrogen and oxygen atoms in total. The normalized spacial score (nSPS) is 10.8. The fourth-order valence-corrected chi connectivity index (χ4v) is 2.86. The van der Waals surface area contributed by atoms with Gasteiger partial charge in [-0.1, -0.05) is 18.2 Å². The number of pyridine rings is 1. The smallest absolute Gasteiger partial charge is 0.237 e. The van der Waals surface area contributed by atoms with Crippen LogP contribution in [0.15, 0.2) is 42.7 Å². The number of nitrogens with zero attached hydrogens (tertiary/aromatic N) is 2. The number of nitrogens with one attached hydrogen (secondary N) is 1. The molecule has 2 aromatic rings. The highest BCUT2D eigenvalue weighted by atomic mass is 32.2. The lowest BCUT2D eigenvalue weighted by atomic mass is 10.1. The van der Waals surface area contributed by atoms with Gasteiger partial charge in [-0.25, -0.2) is 12.8 Å². The lowest BCUT2D eigenvalue weighted by Crippen LogP contribution is -2.16. The van der Waals surface area contributed by atoms with E-state index in [1.54, 1.807) is 18.2 Å². The second-order valence-corrected chi connectivity index (χ2v) is 5.71. The lowest BCUT2D eigenvalue weighted by molar-refractivity contribution is 0.597. The third-order valence-corrected chi connectivity index (χ3v) is 3.74. The summed E-state index contributed by atoms with van der Waals surface area (Å²) in [6.45, 7) is 0. The molecule has 0 fully saturated rings. The van der Waals surface area contributed by atoms with E-state index in [1.165, 1.54) is 18.3 Å². The average molecular weight is 291 g/mol. The highest BCUT2D eigenvalue weighted by Gasteiger charge is 2.16.